The zero-order valence-corrected chi connectivity index (χ0v) is 44.8. The van der Waals surface area contributed by atoms with Crippen LogP contribution in [0.15, 0.2) is 255 Å². The van der Waals surface area contributed by atoms with E-state index in [1.54, 1.807) is 24.3 Å². The molecule has 0 aliphatic heterocycles. The predicted octanol–water partition coefficient (Wildman–Crippen LogP) is 16.0. The second kappa shape index (κ2) is 27.3. The van der Waals surface area contributed by atoms with Crippen molar-refractivity contribution in [2.45, 2.75) is 39.6 Å². The highest BCUT2D eigenvalue weighted by Gasteiger charge is 2.22. The van der Waals surface area contributed by atoms with Crippen molar-refractivity contribution < 1.29 is 48.2 Å². The molecule has 0 radical (unpaired) electrons. The Labute approximate surface area is 477 Å². The van der Waals surface area contributed by atoms with Gasteiger partial charge in [-0.3, -0.25) is 9.59 Å². The minimum Gasteiger partial charge on any atom is -0.507 e. The topological polar surface area (TPSA) is 130 Å². The standard InChI is InChI=1S/C72H58O10/c73-63(71-65(75)41-59(77-45-53-19-7-1-8-20-53)43-69(71)81-49-57-27-15-5-16-28-57)35-31-51-33-37-67(79-47-55-23-11-3-12-24-55)61(39-51)62-40-52(34-38-68(62)80-48-56-25-13-4-14-26-56)32-36-64(74)72-66(76)42-60(78-46-54-21-9-2-10-22-54)44-70(72)82-50-58-29-17-6-18-30-58/h1-44,75-76H,45-50H2/b35-31+,36-32+. The molecule has 0 unspecified atom stereocenters. The van der Waals surface area contributed by atoms with Crippen LogP contribution in [0.2, 0.25) is 0 Å². The molecule has 10 nitrogen and oxygen atoms in total. The summed E-state index contributed by atoms with van der Waals surface area (Å²) in [6, 6.07) is 75.3. The van der Waals surface area contributed by atoms with E-state index in [-0.39, 0.29) is 73.8 Å². The molecule has 0 atom stereocenters. The van der Waals surface area contributed by atoms with Crippen LogP contribution >= 0.6 is 0 Å². The van der Waals surface area contributed by atoms with Crippen LogP contribution in [0.25, 0.3) is 23.3 Å². The van der Waals surface area contributed by atoms with Gasteiger partial charge in [-0.1, -0.05) is 206 Å². The largest absolute Gasteiger partial charge is 0.507 e. The number of hydrogen-bond acceptors (Lipinski definition) is 10. The van der Waals surface area contributed by atoms with Crippen LogP contribution in [0.3, 0.4) is 0 Å². The van der Waals surface area contributed by atoms with Crippen molar-refractivity contribution in [1.82, 2.24) is 0 Å². The van der Waals surface area contributed by atoms with Crippen LogP contribution in [0.4, 0.5) is 0 Å². The number of aromatic hydroxyl groups is 2. The maximum absolute atomic E-state index is 14.4. The minimum absolute atomic E-state index is 0.0246. The first-order valence-corrected chi connectivity index (χ1v) is 26.8. The highest BCUT2D eigenvalue weighted by Crippen LogP contribution is 2.41. The zero-order valence-electron chi connectivity index (χ0n) is 44.8. The molecule has 10 aromatic rings. The van der Waals surface area contributed by atoms with E-state index in [1.807, 2.05) is 218 Å². The van der Waals surface area contributed by atoms with Crippen molar-refractivity contribution >= 4 is 23.7 Å². The maximum Gasteiger partial charge on any atom is 0.193 e. The number of allylic oxidation sites excluding steroid dienone is 2. The Morgan fingerprint density at radius 2 is 0.573 bits per heavy atom. The normalized spacial score (nSPS) is 11.1. The van der Waals surface area contributed by atoms with Crippen molar-refractivity contribution in [2.24, 2.45) is 0 Å². The molecule has 0 saturated heterocycles. The minimum atomic E-state index is -0.501. The van der Waals surface area contributed by atoms with Gasteiger partial charge in [-0.15, -0.1) is 0 Å². The second-order valence-corrected chi connectivity index (χ2v) is 19.2. The number of ketones is 2. The second-order valence-electron chi connectivity index (χ2n) is 19.2. The van der Waals surface area contributed by atoms with Gasteiger partial charge in [-0.2, -0.15) is 0 Å². The van der Waals surface area contributed by atoms with Gasteiger partial charge in [0.15, 0.2) is 11.6 Å². The van der Waals surface area contributed by atoms with Crippen LogP contribution < -0.4 is 28.4 Å². The molecular weight excluding hydrogens is 1020 g/mol. The SMILES string of the molecule is O=C(/C=C/c1ccc(OCc2ccccc2)c(-c2cc(/C=C/C(=O)c3c(O)cc(OCc4ccccc4)cc3OCc3ccccc3)ccc2OCc2ccccc2)c1)c1c(O)cc(OCc2ccccc2)cc1OCc1ccccc1. The number of hydrogen-bond donors (Lipinski definition) is 2. The van der Waals surface area contributed by atoms with Crippen LogP contribution in [0.1, 0.15) is 65.2 Å². The van der Waals surface area contributed by atoms with E-state index in [1.165, 1.54) is 24.3 Å². The molecule has 0 aromatic heterocycles. The molecule has 0 bridgehead atoms. The molecule has 10 aromatic carbocycles. The first kappa shape index (κ1) is 54.8. The summed E-state index contributed by atoms with van der Waals surface area (Å²) in [6.07, 6.45) is 6.13. The number of ether oxygens (including phenoxy) is 6. The molecule has 2 N–H and O–H groups in total. The van der Waals surface area contributed by atoms with Gasteiger partial charge in [0, 0.05) is 35.4 Å². The molecule has 10 heteroatoms. The van der Waals surface area contributed by atoms with E-state index >= 15 is 0 Å². The van der Waals surface area contributed by atoms with Gasteiger partial charge in [0.1, 0.15) is 96.8 Å². The number of carbonyl (C=O) groups is 2. The predicted molar refractivity (Wildman–Crippen MR) is 319 cm³/mol. The zero-order chi connectivity index (χ0) is 56.3. The van der Waals surface area contributed by atoms with Gasteiger partial charge in [0.25, 0.3) is 0 Å². The maximum atomic E-state index is 14.4. The molecule has 0 heterocycles. The average Bonchev–Trinajstić information content (AvgIpc) is 3.69. The van der Waals surface area contributed by atoms with E-state index < -0.39 is 11.6 Å². The number of phenols is 2. The fourth-order valence-electron chi connectivity index (χ4n) is 8.95. The van der Waals surface area contributed by atoms with E-state index in [0.29, 0.717) is 45.3 Å². The number of phenolic OH excluding ortho intramolecular Hbond substituents is 2. The van der Waals surface area contributed by atoms with Gasteiger partial charge < -0.3 is 38.6 Å². The summed E-state index contributed by atoms with van der Waals surface area (Å²) in [7, 11) is 0. The van der Waals surface area contributed by atoms with Gasteiger partial charge in [0.05, 0.1) is 0 Å². The highest BCUT2D eigenvalue weighted by molar-refractivity contribution is 6.11. The summed E-state index contributed by atoms with van der Waals surface area (Å²) in [5, 5.41) is 23.0. The molecule has 0 amide bonds. The number of rotatable bonds is 25. The number of benzene rings is 10. The fourth-order valence-corrected chi connectivity index (χ4v) is 8.95. The molecular formula is C72H58O10. The Hall–Kier alpha value is -10.6. The Morgan fingerprint density at radius 3 is 0.866 bits per heavy atom. The lowest BCUT2D eigenvalue weighted by atomic mass is 9.97. The molecule has 0 aliphatic carbocycles. The van der Waals surface area contributed by atoms with E-state index in [4.69, 9.17) is 28.4 Å². The van der Waals surface area contributed by atoms with Crippen molar-refractivity contribution in [1.29, 1.82) is 0 Å². The smallest absolute Gasteiger partial charge is 0.193 e. The molecule has 0 aliphatic rings. The van der Waals surface area contributed by atoms with E-state index in [9.17, 15) is 19.8 Å². The number of carbonyl (C=O) groups excluding carboxylic acids is 2. The average molecular weight is 1080 g/mol. The lowest BCUT2D eigenvalue weighted by Gasteiger charge is -2.17. The van der Waals surface area contributed by atoms with Crippen molar-refractivity contribution in [3.05, 3.63) is 310 Å². The lowest BCUT2D eigenvalue weighted by Crippen LogP contribution is -2.05. The summed E-state index contributed by atoms with van der Waals surface area (Å²) in [5.41, 5.74) is 7.99. The Balaban J connectivity index is 0.988. The molecule has 82 heavy (non-hydrogen) atoms. The molecule has 0 saturated carbocycles. The quantitative estimate of drug-likeness (QED) is 0.0421. The van der Waals surface area contributed by atoms with Gasteiger partial charge in [0.2, 0.25) is 0 Å². The van der Waals surface area contributed by atoms with Gasteiger partial charge >= 0.3 is 0 Å². The van der Waals surface area contributed by atoms with Crippen molar-refractivity contribution in [3.8, 4) is 57.1 Å². The summed E-state index contributed by atoms with van der Waals surface area (Å²) in [6.45, 7) is 1.27. The van der Waals surface area contributed by atoms with Crippen LogP contribution in [0, 0.1) is 0 Å². The molecule has 0 spiro atoms. The van der Waals surface area contributed by atoms with Crippen molar-refractivity contribution in [2.75, 3.05) is 0 Å². The summed E-state index contributed by atoms with van der Waals surface area (Å²) in [4.78, 5) is 28.7. The third-order valence-corrected chi connectivity index (χ3v) is 13.2. The third kappa shape index (κ3) is 15.0. The summed E-state index contributed by atoms with van der Waals surface area (Å²) in [5.74, 6) is 0.435. The molecule has 0 fully saturated rings. The van der Waals surface area contributed by atoms with Crippen molar-refractivity contribution in [3.63, 3.8) is 0 Å². The Bertz CT molecular complexity index is 3540. The Morgan fingerprint density at radius 1 is 0.305 bits per heavy atom. The highest BCUT2D eigenvalue weighted by atomic mass is 16.5. The summed E-state index contributed by atoms with van der Waals surface area (Å²) >= 11 is 0. The Kier molecular flexibility index (Phi) is 18.3. The molecule has 10 rings (SSSR count). The monoisotopic (exact) mass is 1080 g/mol. The third-order valence-electron chi connectivity index (χ3n) is 13.2. The lowest BCUT2D eigenvalue weighted by molar-refractivity contribution is 0.103. The first-order chi connectivity index (χ1) is 40.3. The van der Waals surface area contributed by atoms with Crippen LogP contribution in [-0.4, -0.2) is 21.8 Å². The first-order valence-electron chi connectivity index (χ1n) is 26.8. The van der Waals surface area contributed by atoms with E-state index in [2.05, 4.69) is 0 Å². The van der Waals surface area contributed by atoms with Crippen LogP contribution in [0.5, 0.6) is 46.0 Å². The summed E-state index contributed by atoms with van der Waals surface area (Å²) < 4.78 is 37.9. The molecule has 406 valence electrons. The van der Waals surface area contributed by atoms with Crippen LogP contribution in [-0.2, 0) is 39.6 Å². The van der Waals surface area contributed by atoms with E-state index in [0.717, 1.165) is 33.4 Å². The fraction of sp³-hybridized carbons (Fsp3) is 0.0833. The van der Waals surface area contributed by atoms with Gasteiger partial charge in [-0.25, -0.2) is 0 Å². The van der Waals surface area contributed by atoms with Gasteiger partial charge in [-0.05, 0) is 80.9 Å².